The number of carbonyl (C=O) groups is 3. The first-order chi connectivity index (χ1) is 15.7. The molecule has 7 nitrogen and oxygen atoms in total. The molecule has 0 bridgehead atoms. The molecule has 3 unspecified atom stereocenters. The predicted octanol–water partition coefficient (Wildman–Crippen LogP) is 6.09. The van der Waals surface area contributed by atoms with Crippen LogP contribution in [0.15, 0.2) is 0 Å². The Morgan fingerprint density at radius 1 is 0.515 bits per heavy atom. The summed E-state index contributed by atoms with van der Waals surface area (Å²) in [6.45, 7) is 8.08. The SMILES string of the molecule is CCCCCCCCCCC[N+](C(CCC)C(=O)O)(C(CCC)C(=O)O)C(CCC)C(=O)O. The summed E-state index contributed by atoms with van der Waals surface area (Å²) in [6, 6.07) is -3.11. The number of nitrogens with zero attached hydrogens (tertiary/aromatic N) is 1. The second-order valence-electron chi connectivity index (χ2n) is 9.48. The van der Waals surface area contributed by atoms with Gasteiger partial charge in [0.15, 0.2) is 18.1 Å². The van der Waals surface area contributed by atoms with Gasteiger partial charge in [0.25, 0.3) is 0 Å². The van der Waals surface area contributed by atoms with Crippen LogP contribution in [-0.2, 0) is 14.4 Å². The summed E-state index contributed by atoms with van der Waals surface area (Å²) in [5.41, 5.74) is 0. The highest BCUT2D eigenvalue weighted by molar-refractivity contribution is 5.78. The second-order valence-corrected chi connectivity index (χ2v) is 9.48. The Kier molecular flexibility index (Phi) is 16.9. The molecule has 0 heterocycles. The van der Waals surface area contributed by atoms with Crippen LogP contribution in [0.25, 0.3) is 0 Å². The van der Waals surface area contributed by atoms with E-state index in [4.69, 9.17) is 0 Å². The van der Waals surface area contributed by atoms with Crippen molar-refractivity contribution in [3.63, 3.8) is 0 Å². The molecule has 0 amide bonds. The average molecular weight is 473 g/mol. The Balaban J connectivity index is 5.94. The fourth-order valence-corrected chi connectivity index (χ4v) is 5.34. The van der Waals surface area contributed by atoms with E-state index in [1.165, 1.54) is 32.1 Å². The summed E-state index contributed by atoms with van der Waals surface area (Å²) < 4.78 is -0.369. The summed E-state index contributed by atoms with van der Waals surface area (Å²) in [7, 11) is 0. The molecule has 33 heavy (non-hydrogen) atoms. The summed E-state index contributed by atoms with van der Waals surface area (Å²) in [6.07, 6.45) is 12.2. The van der Waals surface area contributed by atoms with Gasteiger partial charge < -0.3 is 15.3 Å². The minimum absolute atomic E-state index is 0.272. The monoisotopic (exact) mass is 472 g/mol. The standard InChI is InChI=1S/C26H49NO6/c1-5-9-10-11-12-13-14-15-16-20-27(21(17-6-2)24(28)29,22(18-7-3)25(30)31)23(19-8-4)26(32)33/h21-23H,5-20H2,1-4H3,(H2-,28,29,30,31,32,33)/p+1. The Morgan fingerprint density at radius 2 is 0.818 bits per heavy atom. The third kappa shape index (κ3) is 10.0. The molecule has 3 atom stereocenters. The largest absolute Gasteiger partial charge is 0.477 e. The van der Waals surface area contributed by atoms with Gasteiger partial charge in [0.2, 0.25) is 0 Å². The molecule has 0 radical (unpaired) electrons. The lowest BCUT2D eigenvalue weighted by Crippen LogP contribution is -2.72. The quantitative estimate of drug-likeness (QED) is 0.130. The molecular weight excluding hydrogens is 422 g/mol. The van der Waals surface area contributed by atoms with E-state index >= 15 is 0 Å². The maximum atomic E-state index is 12.5. The van der Waals surface area contributed by atoms with Crippen LogP contribution < -0.4 is 0 Å². The number of unbranched alkanes of at least 4 members (excludes halogenated alkanes) is 8. The van der Waals surface area contributed by atoms with E-state index in [2.05, 4.69) is 6.92 Å². The third-order valence-electron chi connectivity index (χ3n) is 6.93. The minimum atomic E-state index is -1.09. The maximum Gasteiger partial charge on any atom is 0.362 e. The highest BCUT2D eigenvalue weighted by atomic mass is 16.4. The Hall–Kier alpha value is -1.63. The Morgan fingerprint density at radius 3 is 1.09 bits per heavy atom. The molecule has 0 aliphatic rings. The van der Waals surface area contributed by atoms with Crippen LogP contribution in [0.2, 0.25) is 0 Å². The normalized spacial score (nSPS) is 16.0. The van der Waals surface area contributed by atoms with Gasteiger partial charge in [0, 0.05) is 19.3 Å². The fraction of sp³-hybridized carbons (Fsp3) is 0.885. The molecule has 0 rings (SSSR count). The van der Waals surface area contributed by atoms with Crippen molar-refractivity contribution in [1.29, 1.82) is 0 Å². The summed E-state index contributed by atoms with van der Waals surface area (Å²) in [5.74, 6) is -3.26. The van der Waals surface area contributed by atoms with Crippen LogP contribution in [-0.4, -0.2) is 62.4 Å². The lowest BCUT2D eigenvalue weighted by molar-refractivity contribution is -0.973. The number of carboxylic acid groups (broad SMARTS) is 3. The van der Waals surface area contributed by atoms with E-state index in [1.807, 2.05) is 20.8 Å². The zero-order chi connectivity index (χ0) is 25.3. The van der Waals surface area contributed by atoms with E-state index in [9.17, 15) is 29.7 Å². The number of hydrogen-bond acceptors (Lipinski definition) is 3. The topological polar surface area (TPSA) is 112 Å². The van der Waals surface area contributed by atoms with E-state index in [0.29, 0.717) is 25.7 Å². The summed E-state index contributed by atoms with van der Waals surface area (Å²) in [4.78, 5) is 37.4. The molecule has 0 aromatic rings. The van der Waals surface area contributed by atoms with E-state index in [0.717, 1.165) is 19.3 Å². The zero-order valence-electron chi connectivity index (χ0n) is 21.6. The molecule has 7 heteroatoms. The second kappa shape index (κ2) is 17.8. The predicted molar refractivity (Wildman–Crippen MR) is 131 cm³/mol. The molecule has 0 saturated carbocycles. The van der Waals surface area contributed by atoms with Crippen molar-refractivity contribution in [2.75, 3.05) is 6.54 Å². The number of rotatable bonds is 22. The molecule has 0 aromatic heterocycles. The van der Waals surface area contributed by atoms with Crippen molar-refractivity contribution >= 4 is 17.9 Å². The lowest BCUT2D eigenvalue weighted by atomic mass is 9.91. The number of carboxylic acids is 3. The molecule has 0 saturated heterocycles. The van der Waals surface area contributed by atoms with E-state index in [1.54, 1.807) is 0 Å². The molecule has 0 fully saturated rings. The van der Waals surface area contributed by atoms with E-state index < -0.39 is 36.0 Å². The van der Waals surface area contributed by atoms with Crippen molar-refractivity contribution in [3.05, 3.63) is 0 Å². The minimum Gasteiger partial charge on any atom is -0.477 e. The van der Waals surface area contributed by atoms with Crippen LogP contribution in [0.3, 0.4) is 0 Å². The molecule has 0 spiro atoms. The van der Waals surface area contributed by atoms with Crippen molar-refractivity contribution in [2.24, 2.45) is 0 Å². The first-order valence-corrected chi connectivity index (χ1v) is 13.3. The van der Waals surface area contributed by atoms with Crippen molar-refractivity contribution in [3.8, 4) is 0 Å². The molecule has 0 aromatic carbocycles. The van der Waals surface area contributed by atoms with Crippen LogP contribution in [0.5, 0.6) is 0 Å². The zero-order valence-corrected chi connectivity index (χ0v) is 21.6. The molecule has 0 aliphatic heterocycles. The van der Waals surface area contributed by atoms with Gasteiger partial charge in [0.05, 0.1) is 6.54 Å². The lowest BCUT2D eigenvalue weighted by Gasteiger charge is -2.50. The van der Waals surface area contributed by atoms with Gasteiger partial charge in [-0.3, -0.25) is 4.48 Å². The van der Waals surface area contributed by atoms with Gasteiger partial charge in [0.1, 0.15) is 0 Å². The van der Waals surface area contributed by atoms with Crippen LogP contribution in [0.4, 0.5) is 0 Å². The molecule has 3 N–H and O–H groups in total. The average Bonchev–Trinajstić information content (AvgIpc) is 2.76. The van der Waals surface area contributed by atoms with Gasteiger partial charge in [-0.25, -0.2) is 14.4 Å². The number of hydrogen-bond donors (Lipinski definition) is 3. The van der Waals surface area contributed by atoms with Crippen LogP contribution >= 0.6 is 0 Å². The van der Waals surface area contributed by atoms with E-state index in [-0.39, 0.29) is 30.3 Å². The van der Waals surface area contributed by atoms with Gasteiger partial charge >= 0.3 is 17.9 Å². The highest BCUT2D eigenvalue weighted by Crippen LogP contribution is 2.34. The van der Waals surface area contributed by atoms with Crippen molar-refractivity contribution in [1.82, 2.24) is 0 Å². The van der Waals surface area contributed by atoms with Crippen LogP contribution in [0, 0.1) is 0 Å². The molecule has 194 valence electrons. The Labute approximate surface area is 201 Å². The summed E-state index contributed by atoms with van der Waals surface area (Å²) >= 11 is 0. The van der Waals surface area contributed by atoms with Gasteiger partial charge in [-0.15, -0.1) is 0 Å². The first-order valence-electron chi connectivity index (χ1n) is 13.3. The van der Waals surface area contributed by atoms with Gasteiger partial charge in [-0.05, 0) is 32.1 Å². The first kappa shape index (κ1) is 31.4. The van der Waals surface area contributed by atoms with Crippen molar-refractivity contribution < 1.29 is 34.2 Å². The third-order valence-corrected chi connectivity index (χ3v) is 6.93. The maximum absolute atomic E-state index is 12.5. The molecule has 0 aliphatic carbocycles. The van der Waals surface area contributed by atoms with Crippen LogP contribution in [0.1, 0.15) is 124 Å². The summed E-state index contributed by atoms with van der Waals surface area (Å²) in [5, 5.41) is 30.5. The van der Waals surface area contributed by atoms with Gasteiger partial charge in [-0.2, -0.15) is 0 Å². The smallest absolute Gasteiger partial charge is 0.362 e. The number of quaternary nitrogens is 1. The number of aliphatic carboxylic acids is 3. The van der Waals surface area contributed by atoms with Crippen molar-refractivity contribution in [2.45, 2.75) is 142 Å². The van der Waals surface area contributed by atoms with Gasteiger partial charge in [-0.1, -0.05) is 72.6 Å². The molecular formula is C26H50NO6+. The highest BCUT2D eigenvalue weighted by Gasteiger charge is 2.56. The Bertz CT molecular complexity index is 505. The fourth-order valence-electron chi connectivity index (χ4n) is 5.34.